The molecule has 0 saturated heterocycles. The number of para-hydroxylation sites is 2. The van der Waals surface area contributed by atoms with Gasteiger partial charge in [0.1, 0.15) is 11.5 Å². The third kappa shape index (κ3) is 1.58. The van der Waals surface area contributed by atoms with Crippen LogP contribution in [0, 0.1) is 0 Å². The van der Waals surface area contributed by atoms with Gasteiger partial charge in [-0.25, -0.2) is 9.97 Å². The minimum absolute atomic E-state index is 0.883. The van der Waals surface area contributed by atoms with Crippen molar-refractivity contribution in [2.75, 3.05) is 0 Å². The number of aromatic nitrogens is 4. The molecule has 0 atom stereocenters. The van der Waals surface area contributed by atoms with Gasteiger partial charge in [-0.15, -0.1) is 0 Å². The molecule has 0 unspecified atom stereocenters. The van der Waals surface area contributed by atoms with Gasteiger partial charge in [-0.2, -0.15) is 0 Å². The van der Waals surface area contributed by atoms with Gasteiger partial charge in [0, 0.05) is 11.8 Å². The predicted molar refractivity (Wildman–Crippen MR) is 87.8 cm³/mol. The highest BCUT2D eigenvalue weighted by Crippen LogP contribution is 2.25. The molecule has 2 aromatic carbocycles. The van der Waals surface area contributed by atoms with Crippen LogP contribution in [0.1, 0.15) is 0 Å². The van der Waals surface area contributed by atoms with Gasteiger partial charge in [0.25, 0.3) is 0 Å². The molecule has 4 heteroatoms. The number of hydrogen-bond acceptors (Lipinski definition) is 2. The zero-order chi connectivity index (χ0) is 14.5. The topological polar surface area (TPSA) is 46.0 Å². The fraction of sp³-hybridized carbons (Fsp3) is 0. The van der Waals surface area contributed by atoms with Crippen LogP contribution in [-0.2, 0) is 0 Å². The van der Waals surface area contributed by atoms with Gasteiger partial charge in [0.05, 0.1) is 22.1 Å². The van der Waals surface area contributed by atoms with Crippen molar-refractivity contribution >= 4 is 27.7 Å². The van der Waals surface area contributed by atoms with Gasteiger partial charge >= 0.3 is 0 Å². The highest BCUT2D eigenvalue weighted by atomic mass is 15.0. The smallest absolute Gasteiger partial charge is 0.138 e. The van der Waals surface area contributed by atoms with Crippen molar-refractivity contribution in [2.24, 2.45) is 0 Å². The molecule has 0 saturated carbocycles. The van der Waals surface area contributed by atoms with Crippen LogP contribution in [0.2, 0.25) is 0 Å². The predicted octanol–water partition coefficient (Wildman–Crippen LogP) is 4.03. The van der Waals surface area contributed by atoms with E-state index in [9.17, 15) is 0 Å². The Labute approximate surface area is 126 Å². The summed E-state index contributed by atoms with van der Waals surface area (Å²) < 4.78 is 2.10. The fourth-order valence-electron chi connectivity index (χ4n) is 2.90. The average Bonchev–Trinajstić information content (AvgIpc) is 3.15. The van der Waals surface area contributed by atoms with Crippen molar-refractivity contribution in [3.8, 4) is 11.4 Å². The molecule has 4 nitrogen and oxygen atoms in total. The van der Waals surface area contributed by atoms with E-state index in [0.717, 1.165) is 39.1 Å². The fourth-order valence-corrected chi connectivity index (χ4v) is 2.90. The molecule has 0 fully saturated rings. The largest absolute Gasteiger partial charge is 0.338 e. The number of H-pyrrole nitrogens is 1. The summed E-state index contributed by atoms with van der Waals surface area (Å²) in [7, 11) is 0. The molecule has 3 aromatic heterocycles. The summed E-state index contributed by atoms with van der Waals surface area (Å²) in [5.74, 6) is 0.883. The zero-order valence-corrected chi connectivity index (χ0v) is 11.7. The number of rotatable bonds is 1. The number of aromatic amines is 1. The van der Waals surface area contributed by atoms with Crippen molar-refractivity contribution in [3.63, 3.8) is 0 Å². The molecule has 104 valence electrons. The highest BCUT2D eigenvalue weighted by molar-refractivity contribution is 5.86. The third-order valence-electron chi connectivity index (χ3n) is 3.97. The zero-order valence-electron chi connectivity index (χ0n) is 11.7. The molecule has 5 aromatic rings. The van der Waals surface area contributed by atoms with E-state index in [1.54, 1.807) is 0 Å². The van der Waals surface area contributed by atoms with Crippen LogP contribution in [0.3, 0.4) is 0 Å². The molecule has 1 N–H and O–H groups in total. The normalized spacial score (nSPS) is 11.6. The second-order valence-corrected chi connectivity index (χ2v) is 5.35. The lowest BCUT2D eigenvalue weighted by Crippen LogP contribution is -1.84. The first-order chi connectivity index (χ1) is 10.9. The molecular formula is C18H12N4. The van der Waals surface area contributed by atoms with Crippen LogP contribution in [0.5, 0.6) is 0 Å². The molecule has 0 radical (unpaired) electrons. The molecule has 0 aliphatic carbocycles. The Bertz CT molecular complexity index is 1100. The second kappa shape index (κ2) is 4.18. The Morgan fingerprint density at radius 1 is 0.818 bits per heavy atom. The van der Waals surface area contributed by atoms with Gasteiger partial charge in [-0.3, -0.25) is 4.40 Å². The van der Waals surface area contributed by atoms with Crippen LogP contribution in [0.25, 0.3) is 39.1 Å². The number of hydrogen-bond donors (Lipinski definition) is 1. The molecule has 0 spiro atoms. The van der Waals surface area contributed by atoms with Gasteiger partial charge in [-0.1, -0.05) is 18.2 Å². The Morgan fingerprint density at radius 3 is 2.68 bits per heavy atom. The average molecular weight is 284 g/mol. The van der Waals surface area contributed by atoms with E-state index in [1.165, 1.54) is 0 Å². The number of imidazole rings is 2. The summed E-state index contributed by atoms with van der Waals surface area (Å²) in [5, 5.41) is 0. The van der Waals surface area contributed by atoms with Crippen LogP contribution in [-0.4, -0.2) is 19.4 Å². The number of nitrogens with one attached hydrogen (secondary N) is 1. The molecule has 0 aliphatic rings. The lowest BCUT2D eigenvalue weighted by molar-refractivity contribution is 1.23. The third-order valence-corrected chi connectivity index (χ3v) is 3.97. The Kier molecular flexibility index (Phi) is 2.19. The highest BCUT2D eigenvalue weighted by Gasteiger charge is 2.08. The van der Waals surface area contributed by atoms with E-state index in [4.69, 9.17) is 0 Å². The Morgan fingerprint density at radius 2 is 1.73 bits per heavy atom. The number of fused-ring (bicyclic) bond motifs is 4. The minimum atomic E-state index is 0.883. The molecular weight excluding hydrogens is 272 g/mol. The summed E-state index contributed by atoms with van der Waals surface area (Å²) in [6.07, 6.45) is 2.03. The maximum atomic E-state index is 4.67. The van der Waals surface area contributed by atoms with Gasteiger partial charge < -0.3 is 4.98 Å². The summed E-state index contributed by atoms with van der Waals surface area (Å²) >= 11 is 0. The molecule has 0 bridgehead atoms. The summed E-state index contributed by atoms with van der Waals surface area (Å²) in [6.45, 7) is 0. The van der Waals surface area contributed by atoms with E-state index < -0.39 is 0 Å². The molecule has 0 amide bonds. The SMILES string of the molecule is c1ccc2[nH]c(-c3ccc4nc5ccccn5c4c3)nc2c1. The van der Waals surface area contributed by atoms with E-state index >= 15 is 0 Å². The molecule has 22 heavy (non-hydrogen) atoms. The monoisotopic (exact) mass is 284 g/mol. The maximum Gasteiger partial charge on any atom is 0.138 e. The second-order valence-electron chi connectivity index (χ2n) is 5.35. The summed E-state index contributed by atoms with van der Waals surface area (Å²) in [5.41, 5.74) is 6.14. The van der Waals surface area contributed by atoms with Crippen LogP contribution in [0.15, 0.2) is 66.9 Å². The Hall–Kier alpha value is -3.14. The van der Waals surface area contributed by atoms with Crippen molar-refractivity contribution in [1.82, 2.24) is 19.4 Å². The number of benzene rings is 2. The van der Waals surface area contributed by atoms with Crippen molar-refractivity contribution in [2.45, 2.75) is 0 Å². The molecule has 0 aliphatic heterocycles. The van der Waals surface area contributed by atoms with E-state index in [-0.39, 0.29) is 0 Å². The van der Waals surface area contributed by atoms with E-state index in [1.807, 2.05) is 54.7 Å². The first-order valence-corrected chi connectivity index (χ1v) is 7.20. The quantitative estimate of drug-likeness (QED) is 0.505. The number of pyridine rings is 1. The standard InChI is InChI=1S/C18H12N4/c1-2-6-14-13(5-1)20-18(21-14)12-8-9-15-16(11-12)22-10-4-3-7-17(22)19-15/h1-11H,(H,20,21). The summed E-state index contributed by atoms with van der Waals surface area (Å²) in [6, 6.07) is 20.3. The van der Waals surface area contributed by atoms with Gasteiger partial charge in [0.15, 0.2) is 0 Å². The van der Waals surface area contributed by atoms with E-state index in [0.29, 0.717) is 0 Å². The maximum absolute atomic E-state index is 4.67. The Balaban J connectivity index is 1.78. The lowest BCUT2D eigenvalue weighted by Gasteiger charge is -1.98. The summed E-state index contributed by atoms with van der Waals surface area (Å²) in [4.78, 5) is 12.7. The number of nitrogens with zero attached hydrogens (tertiary/aromatic N) is 3. The lowest BCUT2D eigenvalue weighted by atomic mass is 10.2. The van der Waals surface area contributed by atoms with Crippen LogP contribution >= 0.6 is 0 Å². The molecule has 5 rings (SSSR count). The van der Waals surface area contributed by atoms with Crippen LogP contribution in [0.4, 0.5) is 0 Å². The van der Waals surface area contributed by atoms with Crippen molar-refractivity contribution in [3.05, 3.63) is 66.9 Å². The first kappa shape index (κ1) is 11.5. The first-order valence-electron chi connectivity index (χ1n) is 7.20. The van der Waals surface area contributed by atoms with Gasteiger partial charge in [0.2, 0.25) is 0 Å². The van der Waals surface area contributed by atoms with Crippen LogP contribution < -0.4 is 0 Å². The van der Waals surface area contributed by atoms with Crippen molar-refractivity contribution in [1.29, 1.82) is 0 Å². The van der Waals surface area contributed by atoms with Gasteiger partial charge in [-0.05, 0) is 42.5 Å². The molecule has 3 heterocycles. The minimum Gasteiger partial charge on any atom is -0.338 e. The van der Waals surface area contributed by atoms with Crippen molar-refractivity contribution < 1.29 is 0 Å². The van der Waals surface area contributed by atoms with E-state index in [2.05, 4.69) is 31.5 Å².